The maximum atomic E-state index is 12.1. The van der Waals surface area contributed by atoms with Crippen LogP contribution in [0.1, 0.15) is 30.1 Å². The molecule has 100 valence electrons. The van der Waals surface area contributed by atoms with E-state index in [4.69, 9.17) is 5.11 Å². The number of aliphatic hydroxyl groups excluding tert-OH is 1. The molecule has 3 nitrogen and oxygen atoms in total. The van der Waals surface area contributed by atoms with E-state index >= 15 is 0 Å². The van der Waals surface area contributed by atoms with Crippen LogP contribution in [0.4, 0.5) is 0 Å². The number of Topliss-reactive ketones (excluding diaryl/α,β-unsaturated/α-hetero) is 1. The van der Waals surface area contributed by atoms with Gasteiger partial charge in [-0.1, -0.05) is 41.4 Å². The first-order valence-electron chi connectivity index (χ1n) is 6.29. The normalized spacial score (nSPS) is 10.9. The first-order valence-corrected chi connectivity index (χ1v) is 7.08. The van der Waals surface area contributed by atoms with Gasteiger partial charge in [-0.05, 0) is 25.1 Å². The summed E-state index contributed by atoms with van der Waals surface area (Å²) in [6, 6.07) is 7.39. The quantitative estimate of drug-likeness (QED) is 0.750. The van der Waals surface area contributed by atoms with Crippen molar-refractivity contribution in [3.8, 4) is 0 Å². The highest BCUT2D eigenvalue weighted by Crippen LogP contribution is 2.11. The topological polar surface area (TPSA) is 40.5 Å². The van der Waals surface area contributed by atoms with E-state index in [0.717, 1.165) is 29.4 Å². The molecule has 0 unspecified atom stereocenters. The zero-order valence-electron chi connectivity index (χ0n) is 10.7. The van der Waals surface area contributed by atoms with Gasteiger partial charge in [0.25, 0.3) is 0 Å². The fraction of sp³-hybridized carbons (Fsp3) is 0.500. The zero-order chi connectivity index (χ0) is 13.4. The summed E-state index contributed by atoms with van der Waals surface area (Å²) in [5.41, 5.74) is 0.720. The van der Waals surface area contributed by atoms with Crippen LogP contribution in [0.25, 0.3) is 0 Å². The summed E-state index contributed by atoms with van der Waals surface area (Å²) < 4.78 is 0.970. The number of hydrogen-bond acceptors (Lipinski definition) is 3. The molecule has 0 bridgehead atoms. The summed E-state index contributed by atoms with van der Waals surface area (Å²) in [7, 11) is 0. The molecule has 0 fully saturated rings. The van der Waals surface area contributed by atoms with Gasteiger partial charge in [0.05, 0.1) is 13.2 Å². The average molecular weight is 314 g/mol. The SMILES string of the molecule is CCCCN(CCO)CC(=O)c1ccc(Br)cc1. The highest BCUT2D eigenvalue weighted by molar-refractivity contribution is 9.10. The fourth-order valence-electron chi connectivity index (χ4n) is 1.72. The molecule has 18 heavy (non-hydrogen) atoms. The molecule has 0 spiro atoms. The fourth-order valence-corrected chi connectivity index (χ4v) is 1.99. The minimum absolute atomic E-state index is 0.0946. The summed E-state index contributed by atoms with van der Waals surface area (Å²) in [6.45, 7) is 4.01. The van der Waals surface area contributed by atoms with Crippen molar-refractivity contribution in [1.29, 1.82) is 0 Å². The van der Waals surface area contributed by atoms with Crippen LogP contribution in [0.15, 0.2) is 28.7 Å². The van der Waals surface area contributed by atoms with Crippen LogP contribution in [0.2, 0.25) is 0 Å². The van der Waals surface area contributed by atoms with Gasteiger partial charge in [0, 0.05) is 16.6 Å². The Labute approximate surface area is 117 Å². The molecule has 1 N–H and O–H groups in total. The number of nitrogens with zero attached hydrogens (tertiary/aromatic N) is 1. The Bertz CT molecular complexity index is 365. The van der Waals surface area contributed by atoms with E-state index < -0.39 is 0 Å². The van der Waals surface area contributed by atoms with E-state index in [2.05, 4.69) is 22.9 Å². The van der Waals surface area contributed by atoms with E-state index in [1.165, 1.54) is 0 Å². The molecule has 0 atom stereocenters. The summed E-state index contributed by atoms with van der Waals surface area (Å²) in [4.78, 5) is 14.1. The third-order valence-electron chi connectivity index (χ3n) is 2.78. The third kappa shape index (κ3) is 5.29. The van der Waals surface area contributed by atoms with E-state index in [1.807, 2.05) is 29.2 Å². The van der Waals surface area contributed by atoms with Gasteiger partial charge in [-0.15, -0.1) is 0 Å². The van der Waals surface area contributed by atoms with Crippen LogP contribution < -0.4 is 0 Å². The van der Waals surface area contributed by atoms with E-state index in [0.29, 0.717) is 13.1 Å². The number of aliphatic hydroxyl groups is 1. The zero-order valence-corrected chi connectivity index (χ0v) is 12.3. The van der Waals surface area contributed by atoms with Crippen molar-refractivity contribution >= 4 is 21.7 Å². The second-order valence-electron chi connectivity index (χ2n) is 4.28. The molecule has 0 aliphatic carbocycles. The van der Waals surface area contributed by atoms with Gasteiger partial charge < -0.3 is 5.11 Å². The van der Waals surface area contributed by atoms with Gasteiger partial charge in [0.15, 0.2) is 5.78 Å². The van der Waals surface area contributed by atoms with Crippen LogP contribution in [-0.4, -0.2) is 42.0 Å². The minimum atomic E-state index is 0.0946. The lowest BCUT2D eigenvalue weighted by molar-refractivity contribution is 0.0913. The maximum Gasteiger partial charge on any atom is 0.176 e. The summed E-state index contributed by atoms with van der Waals surface area (Å²) in [5.74, 6) is 0.104. The van der Waals surface area contributed by atoms with Crippen LogP contribution in [0.3, 0.4) is 0 Å². The molecule has 4 heteroatoms. The molecule has 0 aliphatic rings. The molecule has 0 amide bonds. The molecule has 0 aromatic heterocycles. The lowest BCUT2D eigenvalue weighted by atomic mass is 10.1. The summed E-state index contributed by atoms with van der Waals surface area (Å²) in [6.07, 6.45) is 2.14. The number of unbranched alkanes of at least 4 members (excludes halogenated alkanes) is 1. The van der Waals surface area contributed by atoms with E-state index in [-0.39, 0.29) is 12.4 Å². The number of halogens is 1. The van der Waals surface area contributed by atoms with Crippen LogP contribution in [0, 0.1) is 0 Å². The molecular formula is C14H20BrNO2. The third-order valence-corrected chi connectivity index (χ3v) is 3.31. The van der Waals surface area contributed by atoms with E-state index in [1.54, 1.807) is 0 Å². The Morgan fingerprint density at radius 1 is 1.28 bits per heavy atom. The molecule has 0 radical (unpaired) electrons. The van der Waals surface area contributed by atoms with Gasteiger partial charge in [-0.2, -0.15) is 0 Å². The predicted octanol–water partition coefficient (Wildman–Crippen LogP) is 2.73. The number of rotatable bonds is 8. The van der Waals surface area contributed by atoms with Crippen LogP contribution in [0.5, 0.6) is 0 Å². The number of carbonyl (C=O) groups excluding carboxylic acids is 1. The predicted molar refractivity (Wildman–Crippen MR) is 76.9 cm³/mol. The van der Waals surface area contributed by atoms with Crippen molar-refractivity contribution in [2.75, 3.05) is 26.2 Å². The number of ketones is 1. The molecule has 0 aliphatic heterocycles. The van der Waals surface area contributed by atoms with Gasteiger partial charge >= 0.3 is 0 Å². The Kier molecular flexibility index (Phi) is 7.16. The molecule has 0 saturated heterocycles. The molecule has 0 heterocycles. The number of carbonyl (C=O) groups is 1. The van der Waals surface area contributed by atoms with Gasteiger partial charge in [-0.3, -0.25) is 9.69 Å². The molecule has 0 saturated carbocycles. The average Bonchev–Trinajstić information content (AvgIpc) is 2.37. The van der Waals surface area contributed by atoms with Gasteiger partial charge in [-0.25, -0.2) is 0 Å². The maximum absolute atomic E-state index is 12.1. The monoisotopic (exact) mass is 313 g/mol. The summed E-state index contributed by atoms with van der Waals surface area (Å²) >= 11 is 3.35. The Morgan fingerprint density at radius 3 is 2.50 bits per heavy atom. The second-order valence-corrected chi connectivity index (χ2v) is 5.20. The first kappa shape index (κ1) is 15.3. The van der Waals surface area contributed by atoms with Crippen LogP contribution in [-0.2, 0) is 0 Å². The highest BCUT2D eigenvalue weighted by Gasteiger charge is 2.11. The van der Waals surface area contributed by atoms with Crippen molar-refractivity contribution in [2.45, 2.75) is 19.8 Å². The molecule has 1 rings (SSSR count). The van der Waals surface area contributed by atoms with Gasteiger partial charge in [0.2, 0.25) is 0 Å². The van der Waals surface area contributed by atoms with E-state index in [9.17, 15) is 4.79 Å². The smallest absolute Gasteiger partial charge is 0.176 e. The lowest BCUT2D eigenvalue weighted by Crippen LogP contribution is -2.33. The highest BCUT2D eigenvalue weighted by atomic mass is 79.9. The lowest BCUT2D eigenvalue weighted by Gasteiger charge is -2.20. The largest absolute Gasteiger partial charge is 0.395 e. The van der Waals surface area contributed by atoms with Crippen molar-refractivity contribution in [2.24, 2.45) is 0 Å². The number of hydrogen-bond donors (Lipinski definition) is 1. The van der Waals surface area contributed by atoms with Crippen molar-refractivity contribution in [3.05, 3.63) is 34.3 Å². The molecular weight excluding hydrogens is 294 g/mol. The Hall–Kier alpha value is -0.710. The van der Waals surface area contributed by atoms with Crippen molar-refractivity contribution < 1.29 is 9.90 Å². The molecule has 1 aromatic rings. The van der Waals surface area contributed by atoms with Crippen molar-refractivity contribution in [1.82, 2.24) is 4.90 Å². The standard InChI is InChI=1S/C14H20BrNO2/c1-2-3-8-16(9-10-17)11-14(18)12-4-6-13(15)7-5-12/h4-7,17H,2-3,8-11H2,1H3. The number of benzene rings is 1. The summed E-state index contributed by atoms with van der Waals surface area (Å²) in [5, 5.41) is 9.00. The van der Waals surface area contributed by atoms with Crippen molar-refractivity contribution in [3.63, 3.8) is 0 Å². The second kappa shape index (κ2) is 8.40. The minimum Gasteiger partial charge on any atom is -0.395 e. The van der Waals surface area contributed by atoms with Crippen LogP contribution >= 0.6 is 15.9 Å². The first-order chi connectivity index (χ1) is 8.67. The Morgan fingerprint density at radius 2 is 1.94 bits per heavy atom. The van der Waals surface area contributed by atoms with Gasteiger partial charge in [0.1, 0.15) is 0 Å². The molecule has 1 aromatic carbocycles. The Balaban J connectivity index is 2.56.